The number of piperazine rings is 1. The molecule has 1 amide bonds. The molecule has 34 heavy (non-hydrogen) atoms. The van der Waals surface area contributed by atoms with Gasteiger partial charge in [-0.25, -0.2) is 8.42 Å². The normalized spacial score (nSPS) is 21.0. The van der Waals surface area contributed by atoms with E-state index in [1.165, 1.54) is 43.9 Å². The van der Waals surface area contributed by atoms with E-state index in [2.05, 4.69) is 11.9 Å². The number of nitrogens with zero attached hydrogens (tertiary/aromatic N) is 3. The second-order valence-electron chi connectivity index (χ2n) is 9.95. The third kappa shape index (κ3) is 7.43. The SMILES string of the molecule is CN1CCC(C(=O)N2CCN(C(=N)N)CC2)CC1.CS(=O)(=O)c1ccc(C2CCCCC2)cc1. The Hall–Kier alpha value is -2.13. The van der Waals surface area contributed by atoms with E-state index in [1.807, 2.05) is 21.9 Å². The molecular weight excluding hydrogens is 450 g/mol. The van der Waals surface area contributed by atoms with Crippen molar-refractivity contribution in [3.05, 3.63) is 29.8 Å². The van der Waals surface area contributed by atoms with Gasteiger partial charge in [0.05, 0.1) is 4.90 Å². The third-order valence-electron chi connectivity index (χ3n) is 7.38. The second kappa shape index (κ2) is 12.0. The molecule has 1 saturated carbocycles. The van der Waals surface area contributed by atoms with Crippen molar-refractivity contribution in [1.82, 2.24) is 14.7 Å². The number of carbonyl (C=O) groups excluding carboxylic acids is 1. The maximum Gasteiger partial charge on any atom is 0.225 e. The fourth-order valence-corrected chi connectivity index (χ4v) is 5.74. The van der Waals surface area contributed by atoms with Crippen LogP contribution in [0.3, 0.4) is 0 Å². The maximum absolute atomic E-state index is 12.3. The number of carbonyl (C=O) groups is 1. The van der Waals surface area contributed by atoms with Crippen molar-refractivity contribution < 1.29 is 13.2 Å². The molecule has 2 heterocycles. The number of amides is 1. The zero-order chi connectivity index (χ0) is 24.7. The van der Waals surface area contributed by atoms with Crippen molar-refractivity contribution in [2.45, 2.75) is 55.8 Å². The van der Waals surface area contributed by atoms with E-state index in [0.717, 1.165) is 25.9 Å². The number of hydrogen-bond donors (Lipinski definition) is 2. The van der Waals surface area contributed by atoms with Crippen LogP contribution in [-0.4, -0.2) is 87.6 Å². The summed E-state index contributed by atoms with van der Waals surface area (Å²) < 4.78 is 22.6. The summed E-state index contributed by atoms with van der Waals surface area (Å²) in [5.74, 6) is 1.25. The monoisotopic (exact) mass is 491 g/mol. The van der Waals surface area contributed by atoms with Crippen molar-refractivity contribution in [3.63, 3.8) is 0 Å². The van der Waals surface area contributed by atoms with Crippen molar-refractivity contribution in [3.8, 4) is 0 Å². The molecule has 1 aromatic carbocycles. The number of guanidine groups is 1. The Morgan fingerprint density at radius 2 is 1.41 bits per heavy atom. The van der Waals surface area contributed by atoms with Crippen LogP contribution in [0.25, 0.3) is 0 Å². The van der Waals surface area contributed by atoms with E-state index in [-0.39, 0.29) is 11.9 Å². The molecule has 1 aromatic rings. The molecule has 1 aliphatic carbocycles. The molecule has 0 aromatic heterocycles. The smallest absolute Gasteiger partial charge is 0.225 e. The Balaban J connectivity index is 0.000000192. The van der Waals surface area contributed by atoms with E-state index in [1.54, 1.807) is 12.1 Å². The summed E-state index contributed by atoms with van der Waals surface area (Å²) in [4.78, 5) is 18.8. The van der Waals surface area contributed by atoms with Crippen LogP contribution in [0.4, 0.5) is 0 Å². The first-order valence-electron chi connectivity index (χ1n) is 12.5. The Bertz CT molecular complexity index is 912. The highest BCUT2D eigenvalue weighted by Crippen LogP contribution is 2.32. The van der Waals surface area contributed by atoms with Crippen LogP contribution in [0.1, 0.15) is 56.4 Å². The van der Waals surface area contributed by atoms with Gasteiger partial charge < -0.3 is 20.4 Å². The lowest BCUT2D eigenvalue weighted by molar-refractivity contribution is -0.138. The molecule has 0 radical (unpaired) electrons. The highest BCUT2D eigenvalue weighted by molar-refractivity contribution is 7.90. The van der Waals surface area contributed by atoms with Gasteiger partial charge in [0.25, 0.3) is 0 Å². The van der Waals surface area contributed by atoms with Gasteiger partial charge in [-0.05, 0) is 69.4 Å². The van der Waals surface area contributed by atoms with Gasteiger partial charge in [0.15, 0.2) is 15.8 Å². The number of rotatable bonds is 3. The quantitative estimate of drug-likeness (QED) is 0.496. The zero-order valence-corrected chi connectivity index (χ0v) is 21.5. The number of hydrogen-bond acceptors (Lipinski definition) is 5. The van der Waals surface area contributed by atoms with Crippen LogP contribution in [0.5, 0.6) is 0 Å². The molecule has 0 atom stereocenters. The Kier molecular flexibility index (Phi) is 9.36. The fourth-order valence-electron chi connectivity index (χ4n) is 5.10. The molecule has 3 N–H and O–H groups in total. The van der Waals surface area contributed by atoms with E-state index < -0.39 is 9.84 Å². The molecule has 0 unspecified atom stereocenters. The Morgan fingerprint density at radius 1 is 0.882 bits per heavy atom. The van der Waals surface area contributed by atoms with Crippen LogP contribution >= 0.6 is 0 Å². The Morgan fingerprint density at radius 3 is 1.91 bits per heavy atom. The average molecular weight is 492 g/mol. The predicted octanol–water partition coefficient (Wildman–Crippen LogP) is 2.50. The molecule has 4 rings (SSSR count). The molecule has 2 saturated heterocycles. The summed E-state index contributed by atoms with van der Waals surface area (Å²) in [6.45, 7) is 4.81. The number of sulfone groups is 1. The molecule has 3 fully saturated rings. The average Bonchev–Trinajstić information content (AvgIpc) is 2.85. The summed E-state index contributed by atoms with van der Waals surface area (Å²) >= 11 is 0. The highest BCUT2D eigenvalue weighted by Gasteiger charge is 2.29. The van der Waals surface area contributed by atoms with Gasteiger partial charge in [-0.15, -0.1) is 0 Å². The summed E-state index contributed by atoms with van der Waals surface area (Å²) in [5, 5.41) is 7.37. The second-order valence-corrected chi connectivity index (χ2v) is 12.0. The summed E-state index contributed by atoms with van der Waals surface area (Å²) in [5.41, 5.74) is 6.75. The number of nitrogens with one attached hydrogen (secondary N) is 1. The molecule has 0 spiro atoms. The molecule has 0 bridgehead atoms. The van der Waals surface area contributed by atoms with Crippen LogP contribution in [0, 0.1) is 11.3 Å². The minimum Gasteiger partial charge on any atom is -0.370 e. The third-order valence-corrected chi connectivity index (χ3v) is 8.51. The van der Waals surface area contributed by atoms with Gasteiger partial charge in [-0.2, -0.15) is 0 Å². The van der Waals surface area contributed by atoms with Gasteiger partial charge in [0.2, 0.25) is 5.91 Å². The molecule has 190 valence electrons. The molecule has 2 aliphatic heterocycles. The molecule has 3 aliphatic rings. The number of benzene rings is 1. The summed E-state index contributed by atoms with van der Waals surface area (Å²) in [7, 11) is -0.947. The van der Waals surface area contributed by atoms with Crippen LogP contribution < -0.4 is 5.73 Å². The number of nitrogens with two attached hydrogens (primary N) is 1. The largest absolute Gasteiger partial charge is 0.370 e. The first kappa shape index (κ1) is 26.5. The first-order chi connectivity index (χ1) is 16.1. The number of likely N-dealkylation sites (tertiary alicyclic amines) is 1. The molecular formula is C25H41N5O3S. The van der Waals surface area contributed by atoms with Crippen LogP contribution in [0.2, 0.25) is 0 Å². The standard InChI is InChI=1S/C13H18O2S.C12H23N5O/c1-16(14,15)13-9-7-12(8-10-13)11-5-3-2-4-6-11;1-15-4-2-10(3-5-15)11(18)16-6-8-17(9-7-16)12(13)14/h7-11H,2-6H2,1H3;10H,2-9H2,1H3,(H3,13,14). The topological polar surface area (TPSA) is 111 Å². The number of piperidine rings is 1. The lowest BCUT2D eigenvalue weighted by atomic mass is 9.84. The predicted molar refractivity (Wildman–Crippen MR) is 136 cm³/mol. The fraction of sp³-hybridized carbons (Fsp3) is 0.680. The maximum atomic E-state index is 12.3. The van der Waals surface area contributed by atoms with E-state index in [9.17, 15) is 13.2 Å². The summed E-state index contributed by atoms with van der Waals surface area (Å²) in [6, 6.07) is 7.43. The van der Waals surface area contributed by atoms with Gasteiger partial charge >= 0.3 is 0 Å². The zero-order valence-electron chi connectivity index (χ0n) is 20.7. The lowest BCUT2D eigenvalue weighted by Crippen LogP contribution is -2.54. The minimum atomic E-state index is -3.05. The lowest BCUT2D eigenvalue weighted by Gasteiger charge is -2.38. The van der Waals surface area contributed by atoms with Gasteiger partial charge in [0.1, 0.15) is 0 Å². The van der Waals surface area contributed by atoms with Gasteiger partial charge in [-0.1, -0.05) is 31.4 Å². The first-order valence-corrected chi connectivity index (χ1v) is 14.4. The molecule has 9 heteroatoms. The van der Waals surface area contributed by atoms with E-state index in [0.29, 0.717) is 42.9 Å². The van der Waals surface area contributed by atoms with Crippen LogP contribution in [0.15, 0.2) is 29.2 Å². The van der Waals surface area contributed by atoms with Crippen LogP contribution in [-0.2, 0) is 14.6 Å². The van der Waals surface area contributed by atoms with E-state index in [4.69, 9.17) is 11.1 Å². The summed E-state index contributed by atoms with van der Waals surface area (Å²) in [6.07, 6.45) is 9.65. The van der Waals surface area contributed by atoms with E-state index >= 15 is 0 Å². The van der Waals surface area contributed by atoms with Crippen molar-refractivity contribution in [2.24, 2.45) is 11.7 Å². The van der Waals surface area contributed by atoms with Crippen molar-refractivity contribution >= 4 is 21.7 Å². The van der Waals surface area contributed by atoms with Crippen molar-refractivity contribution in [1.29, 1.82) is 5.41 Å². The van der Waals surface area contributed by atoms with Crippen molar-refractivity contribution in [2.75, 3.05) is 52.6 Å². The van der Waals surface area contributed by atoms with Gasteiger partial charge in [-0.3, -0.25) is 10.2 Å². The highest BCUT2D eigenvalue weighted by atomic mass is 32.2. The minimum absolute atomic E-state index is 0.112. The Labute approximate surface area is 204 Å². The molecule has 8 nitrogen and oxygen atoms in total. The van der Waals surface area contributed by atoms with Gasteiger partial charge in [0, 0.05) is 38.4 Å².